The highest BCUT2D eigenvalue weighted by Gasteiger charge is 2.19. The van der Waals surface area contributed by atoms with Crippen LogP contribution in [-0.2, 0) is 14.6 Å². The zero-order chi connectivity index (χ0) is 13.9. The average molecular weight is 272 g/mol. The molecule has 0 aliphatic rings. The lowest BCUT2D eigenvalue weighted by atomic mass is 10.2. The fourth-order valence-electron chi connectivity index (χ4n) is 1.45. The van der Waals surface area contributed by atoms with Gasteiger partial charge in [-0.05, 0) is 44.5 Å². The van der Waals surface area contributed by atoms with Gasteiger partial charge in [-0.15, -0.1) is 0 Å². The van der Waals surface area contributed by atoms with Crippen LogP contribution in [-0.4, -0.2) is 31.4 Å². The topological polar surface area (TPSA) is 80.7 Å². The van der Waals surface area contributed by atoms with Crippen molar-refractivity contribution in [1.82, 2.24) is 0 Å². The van der Waals surface area contributed by atoms with Crippen LogP contribution in [0, 0.1) is 6.92 Å². The summed E-state index contributed by atoms with van der Waals surface area (Å²) >= 11 is 0. The molecule has 0 saturated heterocycles. The molecule has 1 aromatic rings. The molecule has 0 aliphatic carbocycles. The molecule has 0 bridgehead atoms. The SMILES string of the molecule is Cc1cc(S(=O)(=O)CC(=O)O)ccc1OC(C)C. The fourth-order valence-corrected chi connectivity index (χ4v) is 2.57. The Balaban J connectivity index is 3.08. The van der Waals surface area contributed by atoms with Crippen molar-refractivity contribution in [1.29, 1.82) is 0 Å². The van der Waals surface area contributed by atoms with E-state index in [0.29, 0.717) is 11.3 Å². The first-order valence-corrected chi connectivity index (χ1v) is 7.09. The number of hydrogen-bond acceptors (Lipinski definition) is 4. The van der Waals surface area contributed by atoms with E-state index >= 15 is 0 Å². The Morgan fingerprint density at radius 2 is 2.00 bits per heavy atom. The lowest BCUT2D eigenvalue weighted by Crippen LogP contribution is -2.15. The van der Waals surface area contributed by atoms with Gasteiger partial charge in [-0.25, -0.2) is 8.42 Å². The summed E-state index contributed by atoms with van der Waals surface area (Å²) in [6.07, 6.45) is -0.00910. The number of aliphatic carboxylic acids is 1. The Labute approximate surface area is 106 Å². The number of carboxylic acid groups (broad SMARTS) is 1. The summed E-state index contributed by atoms with van der Waals surface area (Å²) in [5, 5.41) is 8.55. The van der Waals surface area contributed by atoms with Gasteiger partial charge in [0.2, 0.25) is 0 Å². The van der Waals surface area contributed by atoms with E-state index in [-0.39, 0.29) is 11.0 Å². The van der Waals surface area contributed by atoms with Gasteiger partial charge >= 0.3 is 5.97 Å². The Morgan fingerprint density at radius 1 is 1.39 bits per heavy atom. The van der Waals surface area contributed by atoms with Crippen molar-refractivity contribution in [3.8, 4) is 5.75 Å². The van der Waals surface area contributed by atoms with Crippen molar-refractivity contribution in [2.45, 2.75) is 31.8 Å². The summed E-state index contributed by atoms with van der Waals surface area (Å²) in [4.78, 5) is 10.5. The highest BCUT2D eigenvalue weighted by Crippen LogP contribution is 2.23. The van der Waals surface area contributed by atoms with Gasteiger partial charge in [-0.3, -0.25) is 4.79 Å². The largest absolute Gasteiger partial charge is 0.491 e. The predicted octanol–water partition coefficient (Wildman–Crippen LogP) is 1.64. The van der Waals surface area contributed by atoms with E-state index in [4.69, 9.17) is 9.84 Å². The lowest BCUT2D eigenvalue weighted by molar-refractivity contribution is -0.134. The van der Waals surface area contributed by atoms with Crippen LogP contribution in [0.15, 0.2) is 23.1 Å². The van der Waals surface area contributed by atoms with Crippen LogP contribution in [0.4, 0.5) is 0 Å². The Morgan fingerprint density at radius 3 is 2.44 bits per heavy atom. The molecule has 18 heavy (non-hydrogen) atoms. The second-order valence-electron chi connectivity index (χ2n) is 4.25. The minimum Gasteiger partial charge on any atom is -0.491 e. The highest BCUT2D eigenvalue weighted by atomic mass is 32.2. The summed E-state index contributed by atoms with van der Waals surface area (Å²) in [5.74, 6) is -1.67. The summed E-state index contributed by atoms with van der Waals surface area (Å²) in [6, 6.07) is 4.34. The maximum Gasteiger partial charge on any atom is 0.319 e. The zero-order valence-electron chi connectivity index (χ0n) is 10.5. The molecule has 0 saturated carbocycles. The monoisotopic (exact) mass is 272 g/mol. The average Bonchev–Trinajstić information content (AvgIpc) is 2.18. The summed E-state index contributed by atoms with van der Waals surface area (Å²) in [6.45, 7) is 5.46. The second-order valence-corrected chi connectivity index (χ2v) is 6.24. The molecular weight excluding hydrogens is 256 g/mol. The van der Waals surface area contributed by atoms with Crippen molar-refractivity contribution in [3.05, 3.63) is 23.8 Å². The van der Waals surface area contributed by atoms with Gasteiger partial charge in [0.05, 0.1) is 11.0 Å². The van der Waals surface area contributed by atoms with Crippen molar-refractivity contribution >= 4 is 15.8 Å². The van der Waals surface area contributed by atoms with Crippen LogP contribution in [0.2, 0.25) is 0 Å². The zero-order valence-corrected chi connectivity index (χ0v) is 11.3. The third kappa shape index (κ3) is 3.73. The molecule has 0 radical (unpaired) electrons. The number of hydrogen-bond donors (Lipinski definition) is 1. The van der Waals surface area contributed by atoms with Crippen LogP contribution in [0.3, 0.4) is 0 Å². The Bertz CT molecular complexity index is 546. The first kappa shape index (κ1) is 14.5. The summed E-state index contributed by atoms with van der Waals surface area (Å²) in [7, 11) is -3.78. The molecule has 1 aromatic carbocycles. The third-order valence-electron chi connectivity index (χ3n) is 2.18. The molecule has 0 unspecified atom stereocenters. The Kier molecular flexibility index (Phi) is 4.34. The van der Waals surface area contributed by atoms with Crippen LogP contribution < -0.4 is 4.74 Å². The van der Waals surface area contributed by atoms with Gasteiger partial charge in [0.25, 0.3) is 0 Å². The van der Waals surface area contributed by atoms with Gasteiger partial charge < -0.3 is 9.84 Å². The van der Waals surface area contributed by atoms with E-state index in [1.165, 1.54) is 12.1 Å². The van der Waals surface area contributed by atoms with Crippen molar-refractivity contribution < 1.29 is 23.1 Å². The number of carboxylic acids is 1. The molecule has 0 heterocycles. The Hall–Kier alpha value is -1.56. The number of sulfone groups is 1. The van der Waals surface area contributed by atoms with E-state index in [1.54, 1.807) is 13.0 Å². The van der Waals surface area contributed by atoms with Gasteiger partial charge in [-0.1, -0.05) is 0 Å². The van der Waals surface area contributed by atoms with E-state index in [2.05, 4.69) is 0 Å². The molecule has 1 rings (SSSR count). The quantitative estimate of drug-likeness (QED) is 0.881. The molecule has 1 N–H and O–H groups in total. The first-order chi connectivity index (χ1) is 8.22. The number of benzene rings is 1. The maximum absolute atomic E-state index is 11.7. The predicted molar refractivity (Wildman–Crippen MR) is 66.6 cm³/mol. The van der Waals surface area contributed by atoms with Crippen molar-refractivity contribution in [3.63, 3.8) is 0 Å². The van der Waals surface area contributed by atoms with Gasteiger partial charge in [-0.2, -0.15) is 0 Å². The van der Waals surface area contributed by atoms with Crippen LogP contribution >= 0.6 is 0 Å². The van der Waals surface area contributed by atoms with Crippen molar-refractivity contribution in [2.24, 2.45) is 0 Å². The van der Waals surface area contributed by atoms with Gasteiger partial charge in [0.1, 0.15) is 5.75 Å². The fraction of sp³-hybridized carbons (Fsp3) is 0.417. The smallest absolute Gasteiger partial charge is 0.319 e. The van der Waals surface area contributed by atoms with Crippen LogP contribution in [0.25, 0.3) is 0 Å². The van der Waals surface area contributed by atoms with Crippen LogP contribution in [0.5, 0.6) is 5.75 Å². The minimum absolute atomic E-state index is 0.00138. The summed E-state index contributed by atoms with van der Waals surface area (Å²) < 4.78 is 28.9. The molecule has 6 heteroatoms. The molecular formula is C12H16O5S. The molecule has 0 spiro atoms. The van der Waals surface area contributed by atoms with E-state index in [0.717, 1.165) is 0 Å². The normalized spacial score (nSPS) is 11.6. The molecule has 5 nitrogen and oxygen atoms in total. The minimum atomic E-state index is -3.78. The van der Waals surface area contributed by atoms with Crippen molar-refractivity contribution in [2.75, 3.05) is 5.75 Å². The van der Waals surface area contributed by atoms with Gasteiger partial charge in [0, 0.05) is 0 Å². The van der Waals surface area contributed by atoms with Crippen LogP contribution in [0.1, 0.15) is 19.4 Å². The molecule has 0 amide bonds. The van der Waals surface area contributed by atoms with E-state index in [1.807, 2.05) is 13.8 Å². The molecule has 0 aliphatic heterocycles. The summed E-state index contributed by atoms with van der Waals surface area (Å²) in [5.41, 5.74) is 0.662. The number of aryl methyl sites for hydroxylation is 1. The molecule has 0 atom stereocenters. The third-order valence-corrected chi connectivity index (χ3v) is 3.78. The number of ether oxygens (including phenoxy) is 1. The lowest BCUT2D eigenvalue weighted by Gasteiger charge is -2.13. The molecule has 0 aromatic heterocycles. The molecule has 100 valence electrons. The first-order valence-electron chi connectivity index (χ1n) is 5.44. The highest BCUT2D eigenvalue weighted by molar-refractivity contribution is 7.92. The number of rotatable bonds is 5. The second kappa shape index (κ2) is 5.39. The standard InChI is InChI=1S/C12H16O5S/c1-8(2)17-11-5-4-10(6-9(11)3)18(15,16)7-12(13)14/h4-6,8H,7H2,1-3H3,(H,13,14). The van der Waals surface area contributed by atoms with E-state index < -0.39 is 21.6 Å². The number of carbonyl (C=O) groups is 1. The maximum atomic E-state index is 11.7. The molecule has 0 fully saturated rings. The van der Waals surface area contributed by atoms with E-state index in [9.17, 15) is 13.2 Å². The van der Waals surface area contributed by atoms with Gasteiger partial charge in [0.15, 0.2) is 15.6 Å².